The third kappa shape index (κ3) is 2.74. The van der Waals surface area contributed by atoms with Crippen molar-refractivity contribution in [3.63, 3.8) is 0 Å². The topological polar surface area (TPSA) is 76.4 Å². The Morgan fingerprint density at radius 2 is 2.14 bits per heavy atom. The van der Waals surface area contributed by atoms with Crippen LogP contribution in [0.1, 0.15) is 35.0 Å². The molecule has 2 aromatic rings. The maximum atomic E-state index is 14.4. The summed E-state index contributed by atoms with van der Waals surface area (Å²) in [5, 5.41) is 16.0. The minimum Gasteiger partial charge on any atom is -0.409 e. The molecule has 0 atom stereocenters. The maximum absolute atomic E-state index is 14.4. The molecule has 0 aliphatic heterocycles. The van der Waals surface area contributed by atoms with Crippen molar-refractivity contribution in [3.05, 3.63) is 52.1 Å². The van der Waals surface area contributed by atoms with E-state index in [1.54, 1.807) is 16.8 Å². The first-order chi connectivity index (χ1) is 9.99. The summed E-state index contributed by atoms with van der Waals surface area (Å²) < 4.78 is 16.2. The molecule has 0 unspecified atom stereocenters. The molecule has 0 saturated carbocycles. The van der Waals surface area contributed by atoms with Crippen molar-refractivity contribution in [2.45, 2.75) is 33.7 Å². The molecule has 5 nitrogen and oxygen atoms in total. The van der Waals surface area contributed by atoms with E-state index >= 15 is 0 Å². The largest absolute Gasteiger partial charge is 0.409 e. The van der Waals surface area contributed by atoms with Gasteiger partial charge in [0.05, 0.1) is 17.8 Å². The van der Waals surface area contributed by atoms with E-state index in [1.807, 2.05) is 13.8 Å². The first-order valence-corrected chi connectivity index (χ1v) is 6.77. The van der Waals surface area contributed by atoms with Crippen LogP contribution < -0.4 is 5.73 Å². The Balaban J connectivity index is 2.41. The highest BCUT2D eigenvalue weighted by Crippen LogP contribution is 2.18. The van der Waals surface area contributed by atoms with Gasteiger partial charge in [-0.2, -0.15) is 5.10 Å². The van der Waals surface area contributed by atoms with E-state index in [0.29, 0.717) is 12.1 Å². The van der Waals surface area contributed by atoms with Crippen LogP contribution in [0, 0.1) is 19.7 Å². The summed E-state index contributed by atoms with van der Waals surface area (Å²) in [4.78, 5) is 0. The summed E-state index contributed by atoms with van der Waals surface area (Å²) in [5.41, 5.74) is 9.19. The molecule has 0 aliphatic carbocycles. The average Bonchev–Trinajstić information content (AvgIpc) is 2.74. The lowest BCUT2D eigenvalue weighted by Crippen LogP contribution is -2.17. The van der Waals surface area contributed by atoms with E-state index in [2.05, 4.69) is 17.2 Å². The molecule has 112 valence electrons. The van der Waals surface area contributed by atoms with Crippen molar-refractivity contribution in [2.75, 3.05) is 0 Å². The van der Waals surface area contributed by atoms with Crippen LogP contribution >= 0.6 is 0 Å². The summed E-state index contributed by atoms with van der Waals surface area (Å²) in [6, 6.07) is 4.83. The molecule has 0 spiro atoms. The van der Waals surface area contributed by atoms with Gasteiger partial charge in [-0.3, -0.25) is 4.68 Å². The molecule has 1 heterocycles. The van der Waals surface area contributed by atoms with E-state index in [0.717, 1.165) is 17.8 Å². The van der Waals surface area contributed by atoms with Crippen LogP contribution in [0.3, 0.4) is 0 Å². The predicted molar refractivity (Wildman–Crippen MR) is 79.1 cm³/mol. The second-order valence-electron chi connectivity index (χ2n) is 4.92. The molecule has 1 aromatic heterocycles. The number of nitrogens with two attached hydrogens (primary N) is 1. The fourth-order valence-corrected chi connectivity index (χ4v) is 2.51. The van der Waals surface area contributed by atoms with Gasteiger partial charge in [-0.15, -0.1) is 0 Å². The Bertz CT molecular complexity index is 691. The molecule has 0 amide bonds. The number of aryl methyl sites for hydroxylation is 1. The fraction of sp³-hybridized carbons (Fsp3) is 0.333. The zero-order valence-electron chi connectivity index (χ0n) is 12.4. The monoisotopic (exact) mass is 290 g/mol. The van der Waals surface area contributed by atoms with E-state index < -0.39 is 5.82 Å². The smallest absolute Gasteiger partial charge is 0.173 e. The SMILES string of the molecule is CCc1c(C)nn(Cc2cccc(/C(N)=N/O)c2F)c1C. The molecule has 1 aromatic carbocycles. The molecular weight excluding hydrogens is 271 g/mol. The quantitative estimate of drug-likeness (QED) is 0.393. The van der Waals surface area contributed by atoms with Gasteiger partial charge < -0.3 is 10.9 Å². The number of aromatic nitrogens is 2. The fourth-order valence-electron chi connectivity index (χ4n) is 2.51. The second kappa shape index (κ2) is 5.95. The Labute approximate surface area is 122 Å². The van der Waals surface area contributed by atoms with Crippen LogP contribution in [0.2, 0.25) is 0 Å². The molecule has 0 aliphatic rings. The first kappa shape index (κ1) is 15.0. The molecule has 21 heavy (non-hydrogen) atoms. The molecule has 0 radical (unpaired) electrons. The van der Waals surface area contributed by atoms with Crippen LogP contribution in [-0.4, -0.2) is 20.8 Å². The number of hydrogen-bond donors (Lipinski definition) is 2. The van der Waals surface area contributed by atoms with Crippen LogP contribution in [0.15, 0.2) is 23.4 Å². The van der Waals surface area contributed by atoms with Crippen molar-refractivity contribution < 1.29 is 9.60 Å². The Morgan fingerprint density at radius 1 is 1.43 bits per heavy atom. The third-order valence-corrected chi connectivity index (χ3v) is 3.67. The van der Waals surface area contributed by atoms with Gasteiger partial charge in [-0.1, -0.05) is 24.2 Å². The van der Waals surface area contributed by atoms with Gasteiger partial charge in [0.25, 0.3) is 0 Å². The van der Waals surface area contributed by atoms with Crippen molar-refractivity contribution in [3.8, 4) is 0 Å². The van der Waals surface area contributed by atoms with Crippen LogP contribution in [0.4, 0.5) is 4.39 Å². The maximum Gasteiger partial charge on any atom is 0.173 e. The number of oxime groups is 1. The zero-order valence-corrected chi connectivity index (χ0v) is 12.4. The number of hydrogen-bond acceptors (Lipinski definition) is 3. The molecule has 2 rings (SSSR count). The minimum absolute atomic E-state index is 0.0900. The Hall–Kier alpha value is -2.37. The molecule has 0 fully saturated rings. The van der Waals surface area contributed by atoms with Gasteiger partial charge in [0.2, 0.25) is 0 Å². The lowest BCUT2D eigenvalue weighted by molar-refractivity contribution is 0.318. The lowest BCUT2D eigenvalue weighted by atomic mass is 10.1. The van der Waals surface area contributed by atoms with Gasteiger partial charge in [0.15, 0.2) is 5.84 Å². The standard InChI is InChI=1S/C15H19FN4O/c1-4-12-9(2)18-20(10(12)3)8-11-6-5-7-13(14(11)16)15(17)19-21/h5-7,21H,4,8H2,1-3H3,(H2,17,19). The van der Waals surface area contributed by atoms with E-state index in [9.17, 15) is 4.39 Å². The van der Waals surface area contributed by atoms with Crippen molar-refractivity contribution in [2.24, 2.45) is 10.9 Å². The first-order valence-electron chi connectivity index (χ1n) is 6.77. The van der Waals surface area contributed by atoms with Gasteiger partial charge in [-0.25, -0.2) is 4.39 Å². The van der Waals surface area contributed by atoms with Gasteiger partial charge >= 0.3 is 0 Å². The molecule has 0 bridgehead atoms. The van der Waals surface area contributed by atoms with E-state index in [-0.39, 0.29) is 11.4 Å². The average molecular weight is 290 g/mol. The highest BCUT2D eigenvalue weighted by molar-refractivity contribution is 5.97. The van der Waals surface area contributed by atoms with Crippen molar-refractivity contribution in [1.29, 1.82) is 0 Å². The zero-order chi connectivity index (χ0) is 15.6. The molecule has 0 saturated heterocycles. The molecular formula is C15H19FN4O. The van der Waals surface area contributed by atoms with Gasteiger partial charge in [0.1, 0.15) is 5.82 Å². The Kier molecular flexibility index (Phi) is 4.26. The van der Waals surface area contributed by atoms with Crippen LogP contribution in [0.5, 0.6) is 0 Å². The minimum atomic E-state index is -0.488. The lowest BCUT2D eigenvalue weighted by Gasteiger charge is -2.09. The van der Waals surface area contributed by atoms with Crippen LogP contribution in [0.25, 0.3) is 0 Å². The summed E-state index contributed by atoms with van der Waals surface area (Å²) in [7, 11) is 0. The Morgan fingerprint density at radius 3 is 2.71 bits per heavy atom. The van der Waals surface area contributed by atoms with Crippen molar-refractivity contribution >= 4 is 5.84 Å². The number of amidine groups is 1. The summed E-state index contributed by atoms with van der Waals surface area (Å²) in [5.74, 6) is -0.727. The number of halogens is 1. The summed E-state index contributed by atoms with van der Waals surface area (Å²) in [6.45, 7) is 6.31. The highest BCUT2D eigenvalue weighted by Gasteiger charge is 2.15. The molecule has 6 heteroatoms. The highest BCUT2D eigenvalue weighted by atomic mass is 19.1. The van der Waals surface area contributed by atoms with E-state index in [1.165, 1.54) is 11.6 Å². The summed E-state index contributed by atoms with van der Waals surface area (Å²) in [6.07, 6.45) is 0.893. The van der Waals surface area contributed by atoms with Crippen LogP contribution in [-0.2, 0) is 13.0 Å². The number of rotatable bonds is 4. The second-order valence-corrected chi connectivity index (χ2v) is 4.92. The van der Waals surface area contributed by atoms with Crippen molar-refractivity contribution in [1.82, 2.24) is 9.78 Å². The molecule has 3 N–H and O–H groups in total. The van der Waals surface area contributed by atoms with Gasteiger partial charge in [0, 0.05) is 11.3 Å². The van der Waals surface area contributed by atoms with E-state index in [4.69, 9.17) is 10.9 Å². The third-order valence-electron chi connectivity index (χ3n) is 3.67. The summed E-state index contributed by atoms with van der Waals surface area (Å²) >= 11 is 0. The predicted octanol–water partition coefficient (Wildman–Crippen LogP) is 2.34. The normalized spacial score (nSPS) is 11.9. The van der Waals surface area contributed by atoms with Gasteiger partial charge in [-0.05, 0) is 31.9 Å². The number of benzene rings is 1. The number of nitrogens with zero attached hydrogens (tertiary/aromatic N) is 3.